The monoisotopic (exact) mass is 303 g/mol. The summed E-state index contributed by atoms with van der Waals surface area (Å²) in [6.45, 7) is 8.75. The van der Waals surface area contributed by atoms with E-state index in [4.69, 9.17) is 4.84 Å². The Morgan fingerprint density at radius 3 is 2.23 bits per heavy atom. The number of carbonyl (C=O) groups excluding carboxylic acids is 1. The lowest BCUT2D eigenvalue weighted by molar-refractivity contribution is -0.180. The zero-order chi connectivity index (χ0) is 16.4. The van der Waals surface area contributed by atoms with E-state index in [0.717, 1.165) is 22.3 Å². The van der Waals surface area contributed by atoms with Gasteiger partial charge in [0.25, 0.3) is 5.91 Å². The van der Waals surface area contributed by atoms with Crippen LogP contribution in [0.25, 0.3) is 6.08 Å². The van der Waals surface area contributed by atoms with Crippen molar-refractivity contribution in [3.63, 3.8) is 0 Å². The quantitative estimate of drug-likeness (QED) is 0.864. The van der Waals surface area contributed by atoms with Crippen molar-refractivity contribution in [3.8, 4) is 5.75 Å². The molecular formula is C18H25NO3. The van der Waals surface area contributed by atoms with Crippen molar-refractivity contribution in [2.75, 3.05) is 13.7 Å². The Balaban J connectivity index is 2.49. The van der Waals surface area contributed by atoms with Crippen molar-refractivity contribution >= 4 is 12.0 Å². The van der Waals surface area contributed by atoms with Crippen molar-refractivity contribution < 1.29 is 14.7 Å². The van der Waals surface area contributed by atoms with Crippen LogP contribution in [0.2, 0.25) is 0 Å². The topological polar surface area (TPSA) is 49.8 Å². The first-order valence-corrected chi connectivity index (χ1v) is 7.79. The van der Waals surface area contributed by atoms with Gasteiger partial charge in [-0.15, -0.1) is 0 Å². The molecule has 1 N–H and O–H groups in total. The molecule has 1 saturated heterocycles. The first-order valence-electron chi connectivity index (χ1n) is 7.79. The van der Waals surface area contributed by atoms with Gasteiger partial charge in [0.1, 0.15) is 5.75 Å². The number of rotatable bonds is 3. The number of nitrogens with zero attached hydrogens (tertiary/aromatic N) is 1. The zero-order valence-corrected chi connectivity index (χ0v) is 14.0. The van der Waals surface area contributed by atoms with Crippen LogP contribution >= 0.6 is 0 Å². The SMILES string of the molecule is CC(C)c1cc(/C=C2/CCON(C)C2=O)cc(C(C)C)c1O. The van der Waals surface area contributed by atoms with Crippen LogP contribution in [0.4, 0.5) is 0 Å². The molecule has 4 nitrogen and oxygen atoms in total. The van der Waals surface area contributed by atoms with Crippen LogP contribution in [0, 0.1) is 0 Å². The molecule has 120 valence electrons. The van der Waals surface area contributed by atoms with Gasteiger partial charge in [0, 0.05) is 19.0 Å². The maximum Gasteiger partial charge on any atom is 0.273 e. The molecule has 1 aliphatic rings. The summed E-state index contributed by atoms with van der Waals surface area (Å²) in [4.78, 5) is 17.3. The number of aromatic hydroxyl groups is 1. The largest absolute Gasteiger partial charge is 0.507 e. The molecule has 2 rings (SSSR count). The molecule has 4 heteroatoms. The summed E-state index contributed by atoms with van der Waals surface area (Å²) in [6.07, 6.45) is 2.52. The third-order valence-corrected chi connectivity index (χ3v) is 3.99. The molecule has 0 radical (unpaired) electrons. The first kappa shape index (κ1) is 16.6. The third-order valence-electron chi connectivity index (χ3n) is 3.99. The minimum atomic E-state index is -0.100. The smallest absolute Gasteiger partial charge is 0.273 e. The molecule has 0 spiro atoms. The van der Waals surface area contributed by atoms with E-state index in [1.807, 2.05) is 18.2 Å². The highest BCUT2D eigenvalue weighted by molar-refractivity contribution is 5.97. The Morgan fingerprint density at radius 2 is 1.73 bits per heavy atom. The van der Waals surface area contributed by atoms with E-state index in [-0.39, 0.29) is 17.7 Å². The van der Waals surface area contributed by atoms with Gasteiger partial charge in [-0.05, 0) is 46.7 Å². The highest BCUT2D eigenvalue weighted by Crippen LogP contribution is 2.35. The number of hydrogen-bond donors (Lipinski definition) is 1. The third kappa shape index (κ3) is 3.33. The highest BCUT2D eigenvalue weighted by Gasteiger charge is 2.21. The number of likely N-dealkylation sites (N-methyl/N-ethyl adjacent to an activating group) is 1. The van der Waals surface area contributed by atoms with Crippen LogP contribution in [-0.2, 0) is 9.63 Å². The number of amides is 1. The van der Waals surface area contributed by atoms with Gasteiger partial charge in [-0.3, -0.25) is 9.63 Å². The average molecular weight is 303 g/mol. The minimum Gasteiger partial charge on any atom is -0.507 e. The van der Waals surface area contributed by atoms with E-state index in [1.165, 1.54) is 5.06 Å². The average Bonchev–Trinajstić information content (AvgIpc) is 2.44. The van der Waals surface area contributed by atoms with E-state index in [0.29, 0.717) is 18.8 Å². The second-order valence-corrected chi connectivity index (χ2v) is 6.41. The maximum absolute atomic E-state index is 12.1. The number of phenolic OH excluding ortho intramolecular Hbond substituents is 1. The van der Waals surface area contributed by atoms with Crippen molar-refractivity contribution in [3.05, 3.63) is 34.4 Å². The second kappa shape index (κ2) is 6.53. The Kier molecular flexibility index (Phi) is 4.91. The van der Waals surface area contributed by atoms with Crippen LogP contribution in [0.1, 0.15) is 62.6 Å². The van der Waals surface area contributed by atoms with Gasteiger partial charge in [-0.25, -0.2) is 5.06 Å². The van der Waals surface area contributed by atoms with Crippen molar-refractivity contribution in [2.45, 2.75) is 46.0 Å². The van der Waals surface area contributed by atoms with Crippen LogP contribution in [-0.4, -0.2) is 29.7 Å². The van der Waals surface area contributed by atoms with Crippen molar-refractivity contribution in [1.82, 2.24) is 5.06 Å². The number of phenols is 1. The van der Waals surface area contributed by atoms with E-state index in [1.54, 1.807) is 7.05 Å². The molecule has 0 aliphatic carbocycles. The van der Waals surface area contributed by atoms with E-state index < -0.39 is 0 Å². The van der Waals surface area contributed by atoms with Crippen molar-refractivity contribution in [2.24, 2.45) is 0 Å². The molecule has 1 aromatic carbocycles. The molecule has 0 saturated carbocycles. The molecule has 1 heterocycles. The van der Waals surface area contributed by atoms with E-state index >= 15 is 0 Å². The number of hydrogen-bond acceptors (Lipinski definition) is 3. The lowest BCUT2D eigenvalue weighted by atomic mass is 9.90. The van der Waals surface area contributed by atoms with Gasteiger partial charge >= 0.3 is 0 Å². The Hall–Kier alpha value is -1.81. The van der Waals surface area contributed by atoms with Gasteiger partial charge in [0.05, 0.1) is 6.61 Å². The number of benzene rings is 1. The summed E-state index contributed by atoms with van der Waals surface area (Å²) in [6, 6.07) is 3.95. The van der Waals surface area contributed by atoms with E-state index in [2.05, 4.69) is 27.7 Å². The Bertz CT molecular complexity index is 573. The zero-order valence-electron chi connectivity index (χ0n) is 14.0. The second-order valence-electron chi connectivity index (χ2n) is 6.41. The van der Waals surface area contributed by atoms with Gasteiger partial charge in [-0.1, -0.05) is 27.7 Å². The summed E-state index contributed by atoms with van der Waals surface area (Å²) < 4.78 is 0. The van der Waals surface area contributed by atoms with Crippen LogP contribution in [0.3, 0.4) is 0 Å². The summed E-state index contributed by atoms with van der Waals surface area (Å²) in [5.74, 6) is 0.729. The molecule has 1 amide bonds. The standard InChI is InChI=1S/C18H25NO3/c1-11(2)15-9-13(10-16(12(3)4)17(15)20)8-14-6-7-22-19(5)18(14)21/h8-12,20H,6-7H2,1-5H3/b14-8-. The molecule has 1 fully saturated rings. The normalized spacial score (nSPS) is 17.9. The van der Waals surface area contributed by atoms with Crippen molar-refractivity contribution in [1.29, 1.82) is 0 Å². The lowest BCUT2D eigenvalue weighted by Gasteiger charge is -2.24. The molecule has 0 atom stereocenters. The molecular weight excluding hydrogens is 278 g/mol. The summed E-state index contributed by atoms with van der Waals surface area (Å²) in [7, 11) is 1.63. The molecule has 0 aromatic heterocycles. The van der Waals surface area contributed by atoms with Crippen LogP contribution < -0.4 is 0 Å². The molecule has 0 bridgehead atoms. The number of hydroxylamine groups is 2. The molecule has 1 aromatic rings. The van der Waals surface area contributed by atoms with Crippen LogP contribution in [0.5, 0.6) is 5.75 Å². The predicted octanol–water partition coefficient (Wildman–Crippen LogP) is 3.82. The molecule has 22 heavy (non-hydrogen) atoms. The molecule has 0 unspecified atom stereocenters. The van der Waals surface area contributed by atoms with E-state index in [9.17, 15) is 9.90 Å². The Labute approximate surface area is 132 Å². The van der Waals surface area contributed by atoms with Gasteiger partial charge < -0.3 is 5.11 Å². The fourth-order valence-corrected chi connectivity index (χ4v) is 2.66. The summed E-state index contributed by atoms with van der Waals surface area (Å²) in [5, 5.41) is 11.7. The number of carbonyl (C=O) groups is 1. The van der Waals surface area contributed by atoms with Gasteiger partial charge in [0.2, 0.25) is 0 Å². The lowest BCUT2D eigenvalue weighted by Crippen LogP contribution is -2.33. The minimum absolute atomic E-state index is 0.100. The fourth-order valence-electron chi connectivity index (χ4n) is 2.66. The summed E-state index contributed by atoms with van der Waals surface area (Å²) >= 11 is 0. The molecule has 1 aliphatic heterocycles. The predicted molar refractivity (Wildman–Crippen MR) is 87.6 cm³/mol. The first-order chi connectivity index (χ1) is 10.3. The Morgan fingerprint density at radius 1 is 1.18 bits per heavy atom. The highest BCUT2D eigenvalue weighted by atomic mass is 16.7. The maximum atomic E-state index is 12.1. The summed E-state index contributed by atoms with van der Waals surface area (Å²) in [5.41, 5.74) is 3.55. The van der Waals surface area contributed by atoms with Gasteiger partial charge in [0.15, 0.2) is 0 Å². The van der Waals surface area contributed by atoms with Crippen LogP contribution in [0.15, 0.2) is 17.7 Å². The fraction of sp³-hybridized carbons (Fsp3) is 0.500. The van der Waals surface area contributed by atoms with Gasteiger partial charge in [-0.2, -0.15) is 0 Å².